The second-order valence-corrected chi connectivity index (χ2v) is 3.80. The Bertz CT molecular complexity index is 302. The van der Waals surface area contributed by atoms with Crippen molar-refractivity contribution in [3.8, 4) is 0 Å². The molecule has 0 radical (unpaired) electrons. The number of aliphatic hydroxyl groups excluding tert-OH is 1. The van der Waals surface area contributed by atoms with Crippen LogP contribution < -0.4 is 10.6 Å². The van der Waals surface area contributed by atoms with Crippen molar-refractivity contribution >= 4 is 11.4 Å². The molecule has 0 aliphatic rings. The molecule has 0 saturated heterocycles. The zero-order valence-corrected chi connectivity index (χ0v) is 9.35. The average molecular weight is 209 g/mol. The predicted molar refractivity (Wildman–Crippen MR) is 62.8 cm³/mol. The third kappa shape index (κ3) is 3.09. The van der Waals surface area contributed by atoms with E-state index in [-0.39, 0.29) is 6.61 Å². The smallest absolute Gasteiger partial charge is 0.0738 e. The third-order valence-electron chi connectivity index (χ3n) is 2.32. The molecule has 0 aliphatic heterocycles. The fourth-order valence-corrected chi connectivity index (χ4v) is 1.56. The maximum absolute atomic E-state index is 8.84. The van der Waals surface area contributed by atoms with Gasteiger partial charge in [0.2, 0.25) is 0 Å². The van der Waals surface area contributed by atoms with Gasteiger partial charge in [-0.25, -0.2) is 0 Å². The molecular formula is C11H19N3O. The molecule has 0 fully saturated rings. The van der Waals surface area contributed by atoms with Gasteiger partial charge in [-0.1, -0.05) is 0 Å². The summed E-state index contributed by atoms with van der Waals surface area (Å²) in [6.45, 7) is 5.23. The van der Waals surface area contributed by atoms with E-state index in [1.807, 2.05) is 6.07 Å². The van der Waals surface area contributed by atoms with Crippen LogP contribution >= 0.6 is 0 Å². The highest BCUT2D eigenvalue weighted by Crippen LogP contribution is 2.23. The van der Waals surface area contributed by atoms with Crippen LogP contribution in [0.15, 0.2) is 18.5 Å². The maximum atomic E-state index is 8.84. The number of nitrogens with zero attached hydrogens (tertiary/aromatic N) is 2. The monoisotopic (exact) mass is 209 g/mol. The van der Waals surface area contributed by atoms with E-state index in [0.717, 1.165) is 18.7 Å². The number of nitrogen functional groups attached to an aromatic ring is 1. The summed E-state index contributed by atoms with van der Waals surface area (Å²) in [5, 5.41) is 8.84. The molecule has 0 unspecified atom stereocenters. The van der Waals surface area contributed by atoms with Crippen molar-refractivity contribution in [1.82, 2.24) is 4.98 Å². The van der Waals surface area contributed by atoms with Gasteiger partial charge in [0.05, 0.1) is 17.6 Å². The molecular weight excluding hydrogens is 190 g/mol. The van der Waals surface area contributed by atoms with Crippen LogP contribution in [0.1, 0.15) is 20.3 Å². The highest BCUT2D eigenvalue weighted by Gasteiger charge is 2.12. The van der Waals surface area contributed by atoms with Gasteiger partial charge in [0.25, 0.3) is 0 Å². The molecule has 84 valence electrons. The van der Waals surface area contributed by atoms with Crippen molar-refractivity contribution in [3.05, 3.63) is 18.5 Å². The normalized spacial score (nSPS) is 10.7. The molecule has 1 aromatic heterocycles. The molecule has 0 saturated carbocycles. The Kier molecular flexibility index (Phi) is 4.37. The molecule has 4 nitrogen and oxygen atoms in total. The van der Waals surface area contributed by atoms with Gasteiger partial charge in [0.1, 0.15) is 0 Å². The van der Waals surface area contributed by atoms with Crippen LogP contribution in [-0.4, -0.2) is 29.3 Å². The molecule has 0 bridgehead atoms. The van der Waals surface area contributed by atoms with Crippen LogP contribution in [0.4, 0.5) is 11.4 Å². The van der Waals surface area contributed by atoms with Crippen molar-refractivity contribution < 1.29 is 5.11 Å². The SMILES string of the molecule is CC(C)N(CCCO)c1ccncc1N. The lowest BCUT2D eigenvalue weighted by Gasteiger charge is -2.29. The van der Waals surface area contributed by atoms with E-state index in [1.54, 1.807) is 12.4 Å². The van der Waals surface area contributed by atoms with Gasteiger partial charge >= 0.3 is 0 Å². The van der Waals surface area contributed by atoms with Crippen LogP contribution in [0.5, 0.6) is 0 Å². The number of aromatic nitrogens is 1. The number of pyridine rings is 1. The highest BCUT2D eigenvalue weighted by molar-refractivity contribution is 5.66. The van der Waals surface area contributed by atoms with E-state index in [9.17, 15) is 0 Å². The molecule has 3 N–H and O–H groups in total. The quantitative estimate of drug-likeness (QED) is 0.766. The van der Waals surface area contributed by atoms with Crippen LogP contribution in [0.2, 0.25) is 0 Å². The Morgan fingerprint density at radius 2 is 2.27 bits per heavy atom. The van der Waals surface area contributed by atoms with Crippen LogP contribution in [0, 0.1) is 0 Å². The maximum Gasteiger partial charge on any atom is 0.0738 e. The summed E-state index contributed by atoms with van der Waals surface area (Å²) in [5.74, 6) is 0. The Morgan fingerprint density at radius 3 is 2.80 bits per heavy atom. The van der Waals surface area contributed by atoms with Gasteiger partial charge in [-0.15, -0.1) is 0 Å². The molecule has 0 spiro atoms. The Labute approximate surface area is 90.7 Å². The van der Waals surface area contributed by atoms with Crippen molar-refractivity contribution in [3.63, 3.8) is 0 Å². The first-order chi connectivity index (χ1) is 7.16. The van der Waals surface area contributed by atoms with E-state index in [4.69, 9.17) is 10.8 Å². The van der Waals surface area contributed by atoms with E-state index in [0.29, 0.717) is 11.7 Å². The van der Waals surface area contributed by atoms with Crippen LogP contribution in [0.3, 0.4) is 0 Å². The standard InChI is InChI=1S/C11H19N3O/c1-9(2)14(6-3-7-15)11-4-5-13-8-10(11)12/h4-5,8-9,15H,3,6-7,12H2,1-2H3. The average Bonchev–Trinajstić information content (AvgIpc) is 2.20. The lowest BCUT2D eigenvalue weighted by Crippen LogP contribution is -2.32. The van der Waals surface area contributed by atoms with Gasteiger partial charge in [0.15, 0.2) is 0 Å². The van der Waals surface area contributed by atoms with Crippen molar-refractivity contribution in [2.75, 3.05) is 23.8 Å². The molecule has 1 aromatic rings. The summed E-state index contributed by atoms with van der Waals surface area (Å²) < 4.78 is 0. The molecule has 0 atom stereocenters. The summed E-state index contributed by atoms with van der Waals surface area (Å²) in [7, 11) is 0. The minimum atomic E-state index is 0.203. The lowest BCUT2D eigenvalue weighted by molar-refractivity contribution is 0.288. The molecule has 4 heteroatoms. The molecule has 1 heterocycles. The molecule has 0 aliphatic carbocycles. The van der Waals surface area contributed by atoms with Crippen molar-refractivity contribution in [2.24, 2.45) is 0 Å². The molecule has 1 rings (SSSR count). The number of aliphatic hydroxyl groups is 1. The number of rotatable bonds is 5. The largest absolute Gasteiger partial charge is 0.396 e. The van der Waals surface area contributed by atoms with Crippen molar-refractivity contribution in [2.45, 2.75) is 26.3 Å². The van der Waals surface area contributed by atoms with Gasteiger partial charge in [0, 0.05) is 25.4 Å². The first-order valence-electron chi connectivity index (χ1n) is 5.23. The van der Waals surface area contributed by atoms with Gasteiger partial charge < -0.3 is 15.7 Å². The summed E-state index contributed by atoms with van der Waals surface area (Å²) in [5.41, 5.74) is 7.54. The molecule has 15 heavy (non-hydrogen) atoms. The van der Waals surface area contributed by atoms with Gasteiger partial charge in [-0.05, 0) is 26.3 Å². The summed E-state index contributed by atoms with van der Waals surface area (Å²) in [6, 6.07) is 2.27. The first-order valence-corrected chi connectivity index (χ1v) is 5.23. The zero-order chi connectivity index (χ0) is 11.3. The number of anilines is 2. The third-order valence-corrected chi connectivity index (χ3v) is 2.32. The Balaban J connectivity index is 2.84. The topological polar surface area (TPSA) is 62.4 Å². The number of hydrogen-bond acceptors (Lipinski definition) is 4. The van der Waals surface area contributed by atoms with Crippen LogP contribution in [-0.2, 0) is 0 Å². The molecule has 0 aromatic carbocycles. The van der Waals surface area contributed by atoms with E-state index in [2.05, 4.69) is 23.7 Å². The second kappa shape index (κ2) is 5.56. The second-order valence-electron chi connectivity index (χ2n) is 3.80. The summed E-state index contributed by atoms with van der Waals surface area (Å²) >= 11 is 0. The van der Waals surface area contributed by atoms with E-state index in [1.165, 1.54) is 0 Å². The Hall–Kier alpha value is -1.29. The summed E-state index contributed by atoms with van der Waals surface area (Å²) in [4.78, 5) is 6.14. The highest BCUT2D eigenvalue weighted by atomic mass is 16.3. The zero-order valence-electron chi connectivity index (χ0n) is 9.35. The number of hydrogen-bond donors (Lipinski definition) is 2. The minimum Gasteiger partial charge on any atom is -0.396 e. The summed E-state index contributed by atoms with van der Waals surface area (Å²) in [6.07, 6.45) is 4.14. The van der Waals surface area contributed by atoms with Gasteiger partial charge in [-0.3, -0.25) is 4.98 Å². The van der Waals surface area contributed by atoms with E-state index < -0.39 is 0 Å². The van der Waals surface area contributed by atoms with Crippen molar-refractivity contribution in [1.29, 1.82) is 0 Å². The number of nitrogens with two attached hydrogens (primary N) is 1. The predicted octanol–water partition coefficient (Wildman–Crippen LogP) is 1.26. The fourth-order valence-electron chi connectivity index (χ4n) is 1.56. The lowest BCUT2D eigenvalue weighted by atomic mass is 10.2. The van der Waals surface area contributed by atoms with Crippen LogP contribution in [0.25, 0.3) is 0 Å². The molecule has 0 amide bonds. The fraction of sp³-hybridized carbons (Fsp3) is 0.545. The first kappa shape index (κ1) is 11.8. The van der Waals surface area contributed by atoms with E-state index >= 15 is 0 Å². The van der Waals surface area contributed by atoms with Gasteiger partial charge in [-0.2, -0.15) is 0 Å². The Morgan fingerprint density at radius 1 is 1.53 bits per heavy atom. The minimum absolute atomic E-state index is 0.203.